The van der Waals surface area contributed by atoms with E-state index in [-0.39, 0.29) is 23.9 Å². The lowest BCUT2D eigenvalue weighted by Crippen LogP contribution is -2.40. The van der Waals surface area contributed by atoms with Gasteiger partial charge in [-0.25, -0.2) is 0 Å². The van der Waals surface area contributed by atoms with Gasteiger partial charge in [0, 0.05) is 5.54 Å². The highest BCUT2D eigenvalue weighted by Crippen LogP contribution is 2.18. The van der Waals surface area contributed by atoms with Crippen molar-refractivity contribution in [2.75, 3.05) is 5.32 Å². The van der Waals surface area contributed by atoms with Gasteiger partial charge in [-0.3, -0.25) is 9.59 Å². The normalized spacial score (nSPS) is 11.1. The van der Waals surface area contributed by atoms with Crippen molar-refractivity contribution in [1.82, 2.24) is 5.32 Å². The molecule has 2 aromatic rings. The van der Waals surface area contributed by atoms with E-state index in [0.717, 1.165) is 0 Å². The van der Waals surface area contributed by atoms with Gasteiger partial charge in [-0.2, -0.15) is 0 Å². The summed E-state index contributed by atoms with van der Waals surface area (Å²) in [5, 5.41) is 5.61. The molecule has 4 N–H and O–H groups in total. The fourth-order valence-corrected chi connectivity index (χ4v) is 2.00. The predicted octanol–water partition coefficient (Wildman–Crippen LogP) is 2.52. The Morgan fingerprint density at radius 3 is 2.48 bits per heavy atom. The van der Waals surface area contributed by atoms with Gasteiger partial charge in [-0.05, 0) is 39.0 Å². The van der Waals surface area contributed by atoms with Crippen LogP contribution in [0, 0.1) is 0 Å². The summed E-state index contributed by atoms with van der Waals surface area (Å²) in [4.78, 5) is 24.6. The molecule has 1 heterocycles. The second-order valence-corrected chi connectivity index (χ2v) is 6.21. The number of amides is 2. The fraction of sp³-hybridized carbons (Fsp3) is 0.294. The van der Waals surface area contributed by atoms with Crippen LogP contribution >= 0.6 is 0 Å². The molecule has 2 rings (SSSR count). The van der Waals surface area contributed by atoms with Crippen LogP contribution in [0.1, 0.15) is 47.2 Å². The topological polar surface area (TPSA) is 97.4 Å². The van der Waals surface area contributed by atoms with E-state index >= 15 is 0 Å². The summed E-state index contributed by atoms with van der Waals surface area (Å²) in [6.07, 6.45) is 1.34. The predicted molar refractivity (Wildman–Crippen MR) is 88.2 cm³/mol. The van der Waals surface area contributed by atoms with Crippen LogP contribution in [0.4, 0.5) is 5.69 Å². The summed E-state index contributed by atoms with van der Waals surface area (Å²) in [5.41, 5.74) is 6.29. The largest absolute Gasteiger partial charge is 0.467 e. The van der Waals surface area contributed by atoms with Crippen molar-refractivity contribution in [2.45, 2.75) is 32.9 Å². The molecule has 0 fully saturated rings. The monoisotopic (exact) mass is 315 g/mol. The number of carbonyl (C=O) groups excluding carboxylic acids is 2. The number of rotatable bonds is 4. The van der Waals surface area contributed by atoms with Gasteiger partial charge in [0.25, 0.3) is 11.8 Å². The Balaban J connectivity index is 2.20. The number of para-hydroxylation sites is 1. The summed E-state index contributed by atoms with van der Waals surface area (Å²) in [7, 11) is 0. The van der Waals surface area contributed by atoms with Crippen molar-refractivity contribution < 1.29 is 14.0 Å². The van der Waals surface area contributed by atoms with E-state index in [9.17, 15) is 9.59 Å². The molecule has 1 aromatic carbocycles. The molecule has 0 aliphatic heterocycles. The zero-order chi connectivity index (χ0) is 17.0. The number of nitrogens with two attached hydrogens (primary N) is 1. The van der Waals surface area contributed by atoms with Gasteiger partial charge < -0.3 is 20.8 Å². The highest BCUT2D eigenvalue weighted by Gasteiger charge is 2.19. The van der Waals surface area contributed by atoms with Gasteiger partial charge in [-0.1, -0.05) is 12.1 Å². The molecule has 23 heavy (non-hydrogen) atoms. The molecule has 0 bridgehead atoms. The number of nitrogens with one attached hydrogen (secondary N) is 2. The summed E-state index contributed by atoms with van der Waals surface area (Å²) in [6.45, 7) is 5.90. The first-order chi connectivity index (χ1) is 10.8. The third-order valence-corrected chi connectivity index (χ3v) is 3.03. The Morgan fingerprint density at radius 2 is 1.87 bits per heavy atom. The van der Waals surface area contributed by atoms with E-state index in [1.165, 1.54) is 6.26 Å². The van der Waals surface area contributed by atoms with Gasteiger partial charge in [-0.15, -0.1) is 0 Å². The minimum absolute atomic E-state index is 0.220. The van der Waals surface area contributed by atoms with Crippen LogP contribution in [0.2, 0.25) is 0 Å². The van der Waals surface area contributed by atoms with Crippen LogP contribution in [0.25, 0.3) is 0 Å². The third-order valence-electron chi connectivity index (χ3n) is 3.03. The van der Waals surface area contributed by atoms with Crippen LogP contribution in [-0.2, 0) is 6.54 Å². The van der Waals surface area contributed by atoms with Crippen LogP contribution < -0.4 is 16.4 Å². The Bertz CT molecular complexity index is 714. The van der Waals surface area contributed by atoms with Gasteiger partial charge in [0.2, 0.25) is 0 Å². The van der Waals surface area contributed by atoms with E-state index in [4.69, 9.17) is 10.2 Å². The van der Waals surface area contributed by atoms with Crippen LogP contribution in [-0.4, -0.2) is 17.4 Å². The van der Waals surface area contributed by atoms with Crippen LogP contribution in [0.3, 0.4) is 0 Å². The van der Waals surface area contributed by atoms with E-state index < -0.39 is 0 Å². The zero-order valence-corrected chi connectivity index (χ0v) is 13.5. The smallest absolute Gasteiger partial charge is 0.258 e. The number of furan rings is 1. The van der Waals surface area contributed by atoms with Crippen molar-refractivity contribution in [3.63, 3.8) is 0 Å². The molecule has 0 atom stereocenters. The lowest BCUT2D eigenvalue weighted by atomic mass is 10.1. The van der Waals surface area contributed by atoms with Gasteiger partial charge in [0.15, 0.2) is 0 Å². The number of carbonyl (C=O) groups is 2. The van der Waals surface area contributed by atoms with Crippen LogP contribution in [0.5, 0.6) is 0 Å². The van der Waals surface area contributed by atoms with E-state index in [1.807, 2.05) is 20.8 Å². The first-order valence-corrected chi connectivity index (χ1v) is 7.30. The standard InChI is InChI=1S/C17H21N3O3/c1-17(2,3)20-16(22)13-6-4-5-7-14(13)19-15(21)11-8-12(9-18)23-10-11/h4-8,10H,9,18H2,1-3H3,(H,19,21)(H,20,22). The summed E-state index contributed by atoms with van der Waals surface area (Å²) >= 11 is 0. The summed E-state index contributed by atoms with van der Waals surface area (Å²) < 4.78 is 5.15. The molecule has 2 amide bonds. The molecular weight excluding hydrogens is 294 g/mol. The van der Waals surface area contributed by atoms with E-state index in [1.54, 1.807) is 30.3 Å². The maximum atomic E-state index is 12.4. The summed E-state index contributed by atoms with van der Waals surface area (Å²) in [6, 6.07) is 8.42. The number of hydrogen-bond acceptors (Lipinski definition) is 4. The van der Waals surface area contributed by atoms with E-state index in [0.29, 0.717) is 22.6 Å². The quantitative estimate of drug-likeness (QED) is 0.807. The van der Waals surface area contributed by atoms with Crippen molar-refractivity contribution >= 4 is 17.5 Å². The molecule has 6 nitrogen and oxygen atoms in total. The fourth-order valence-electron chi connectivity index (χ4n) is 2.00. The molecule has 0 unspecified atom stereocenters. The summed E-state index contributed by atoms with van der Waals surface area (Å²) in [5.74, 6) is -0.0818. The van der Waals surface area contributed by atoms with Gasteiger partial charge in [0.05, 0.1) is 23.4 Å². The van der Waals surface area contributed by atoms with E-state index in [2.05, 4.69) is 10.6 Å². The Labute approximate surface area is 135 Å². The molecular formula is C17H21N3O3. The highest BCUT2D eigenvalue weighted by molar-refractivity contribution is 6.09. The molecule has 0 radical (unpaired) electrons. The van der Waals surface area contributed by atoms with Crippen LogP contribution in [0.15, 0.2) is 41.0 Å². The average Bonchev–Trinajstić information content (AvgIpc) is 2.95. The third kappa shape index (κ3) is 4.43. The highest BCUT2D eigenvalue weighted by atomic mass is 16.3. The molecule has 122 valence electrons. The Kier molecular flexibility index (Phi) is 4.86. The molecule has 0 spiro atoms. The number of anilines is 1. The second kappa shape index (κ2) is 6.66. The van der Waals surface area contributed by atoms with Crippen molar-refractivity contribution in [3.05, 3.63) is 53.5 Å². The number of benzene rings is 1. The van der Waals surface area contributed by atoms with Gasteiger partial charge >= 0.3 is 0 Å². The molecule has 1 aromatic heterocycles. The van der Waals surface area contributed by atoms with Crippen molar-refractivity contribution in [3.8, 4) is 0 Å². The van der Waals surface area contributed by atoms with Gasteiger partial charge in [0.1, 0.15) is 12.0 Å². The maximum absolute atomic E-state index is 12.4. The Morgan fingerprint density at radius 1 is 1.17 bits per heavy atom. The lowest BCUT2D eigenvalue weighted by molar-refractivity contribution is 0.0920. The molecule has 0 aliphatic rings. The second-order valence-electron chi connectivity index (χ2n) is 6.21. The molecule has 0 saturated heterocycles. The minimum atomic E-state index is -0.366. The SMILES string of the molecule is CC(C)(C)NC(=O)c1ccccc1NC(=O)c1coc(CN)c1. The molecule has 6 heteroatoms. The Hall–Kier alpha value is -2.60. The number of hydrogen-bond donors (Lipinski definition) is 3. The van der Waals surface area contributed by atoms with Crippen molar-refractivity contribution in [2.24, 2.45) is 5.73 Å². The zero-order valence-electron chi connectivity index (χ0n) is 13.5. The molecule has 0 aliphatic carbocycles. The first-order valence-electron chi connectivity index (χ1n) is 7.30. The van der Waals surface area contributed by atoms with Crippen molar-refractivity contribution in [1.29, 1.82) is 0 Å². The lowest BCUT2D eigenvalue weighted by Gasteiger charge is -2.21. The minimum Gasteiger partial charge on any atom is -0.467 e. The average molecular weight is 315 g/mol. The maximum Gasteiger partial charge on any atom is 0.258 e. The first kappa shape index (κ1) is 16.8. The molecule has 0 saturated carbocycles.